The van der Waals surface area contributed by atoms with Crippen molar-refractivity contribution in [2.75, 3.05) is 13.6 Å². The van der Waals surface area contributed by atoms with Gasteiger partial charge in [-0.15, -0.1) is 4.40 Å². The minimum absolute atomic E-state index is 0.260. The summed E-state index contributed by atoms with van der Waals surface area (Å²) in [7, 11) is -1.68. The SMILES string of the molecule is Cc1ccc(S(=O)(=O)/N=C2/CCCN2C)cc1. The molecule has 0 N–H and O–H groups in total. The fourth-order valence-electron chi connectivity index (χ4n) is 1.81. The summed E-state index contributed by atoms with van der Waals surface area (Å²) in [4.78, 5) is 2.15. The van der Waals surface area contributed by atoms with Crippen LogP contribution in [0.1, 0.15) is 18.4 Å². The van der Waals surface area contributed by atoms with Gasteiger partial charge in [0.1, 0.15) is 5.84 Å². The first-order chi connectivity index (χ1) is 7.99. The van der Waals surface area contributed by atoms with Gasteiger partial charge in [0.2, 0.25) is 0 Å². The van der Waals surface area contributed by atoms with Gasteiger partial charge >= 0.3 is 0 Å². The molecule has 1 aliphatic heterocycles. The van der Waals surface area contributed by atoms with E-state index in [1.165, 1.54) is 0 Å². The Balaban J connectivity index is 2.34. The molecule has 4 nitrogen and oxygen atoms in total. The van der Waals surface area contributed by atoms with Gasteiger partial charge in [-0.05, 0) is 25.5 Å². The number of hydrogen-bond donors (Lipinski definition) is 0. The van der Waals surface area contributed by atoms with Gasteiger partial charge in [0, 0.05) is 20.0 Å². The van der Waals surface area contributed by atoms with Gasteiger partial charge in [0.05, 0.1) is 4.90 Å². The van der Waals surface area contributed by atoms with Crippen LogP contribution in [0.25, 0.3) is 0 Å². The van der Waals surface area contributed by atoms with E-state index in [1.807, 2.05) is 18.9 Å². The second-order valence-corrected chi connectivity index (χ2v) is 5.92. The predicted molar refractivity (Wildman–Crippen MR) is 67.7 cm³/mol. The molecule has 92 valence electrons. The average molecular weight is 252 g/mol. The molecule has 1 heterocycles. The van der Waals surface area contributed by atoms with E-state index in [0.29, 0.717) is 5.84 Å². The summed E-state index contributed by atoms with van der Waals surface area (Å²) in [5, 5.41) is 0. The van der Waals surface area contributed by atoms with E-state index in [4.69, 9.17) is 0 Å². The first kappa shape index (κ1) is 12.1. The van der Waals surface area contributed by atoms with Crippen LogP contribution in [0.5, 0.6) is 0 Å². The van der Waals surface area contributed by atoms with Crippen LogP contribution in [0.15, 0.2) is 33.6 Å². The van der Waals surface area contributed by atoms with Gasteiger partial charge in [-0.3, -0.25) is 0 Å². The standard InChI is InChI=1S/C12H16N2O2S/c1-10-5-7-11(8-6-10)17(15,16)13-12-4-3-9-14(12)2/h5-8H,3-4,9H2,1-2H3/b13-12-. The molecular weight excluding hydrogens is 236 g/mol. The normalized spacial score (nSPS) is 18.9. The summed E-state index contributed by atoms with van der Waals surface area (Å²) in [5.74, 6) is 0.658. The molecule has 0 aromatic heterocycles. The first-order valence-electron chi connectivity index (χ1n) is 5.61. The van der Waals surface area contributed by atoms with Crippen molar-refractivity contribution < 1.29 is 8.42 Å². The van der Waals surface area contributed by atoms with E-state index in [2.05, 4.69) is 4.40 Å². The molecule has 0 amide bonds. The maximum absolute atomic E-state index is 12.0. The Bertz CT molecular complexity index is 532. The number of sulfonamides is 1. The summed E-state index contributed by atoms with van der Waals surface area (Å²) in [5.41, 5.74) is 1.04. The van der Waals surface area contributed by atoms with Crippen molar-refractivity contribution in [3.8, 4) is 0 Å². The zero-order valence-corrected chi connectivity index (χ0v) is 10.9. The number of benzene rings is 1. The van der Waals surface area contributed by atoms with Crippen molar-refractivity contribution >= 4 is 15.9 Å². The number of hydrogen-bond acceptors (Lipinski definition) is 2. The van der Waals surface area contributed by atoms with Gasteiger partial charge in [0.25, 0.3) is 10.0 Å². The first-order valence-corrected chi connectivity index (χ1v) is 7.05. The highest BCUT2D eigenvalue weighted by molar-refractivity contribution is 7.90. The third-order valence-electron chi connectivity index (χ3n) is 2.88. The molecule has 1 aromatic carbocycles. The molecule has 0 spiro atoms. The van der Waals surface area contributed by atoms with Crippen LogP contribution in [0.4, 0.5) is 0 Å². The third-order valence-corrected chi connectivity index (χ3v) is 4.20. The lowest BCUT2D eigenvalue weighted by Gasteiger charge is -2.10. The number of likely N-dealkylation sites (tertiary alicyclic amines) is 1. The summed E-state index contributed by atoms with van der Waals surface area (Å²) in [6.07, 6.45) is 1.71. The van der Waals surface area contributed by atoms with Gasteiger partial charge in [-0.2, -0.15) is 8.42 Å². The Labute approximate surface area is 102 Å². The molecule has 0 bridgehead atoms. The lowest BCUT2D eigenvalue weighted by atomic mass is 10.2. The highest BCUT2D eigenvalue weighted by atomic mass is 32.2. The second kappa shape index (κ2) is 4.49. The third kappa shape index (κ3) is 2.66. The highest BCUT2D eigenvalue weighted by Crippen LogP contribution is 2.17. The van der Waals surface area contributed by atoms with E-state index < -0.39 is 10.0 Å². The molecule has 1 aromatic rings. The number of amidine groups is 1. The van der Waals surface area contributed by atoms with Crippen molar-refractivity contribution in [1.29, 1.82) is 0 Å². The Kier molecular flexibility index (Phi) is 3.19. The maximum Gasteiger partial charge on any atom is 0.283 e. The predicted octanol–water partition coefficient (Wildman–Crippen LogP) is 1.81. The van der Waals surface area contributed by atoms with Gasteiger partial charge in [-0.1, -0.05) is 17.7 Å². The number of rotatable bonds is 2. The summed E-state index contributed by atoms with van der Waals surface area (Å²) in [6, 6.07) is 6.77. The van der Waals surface area contributed by atoms with Crippen LogP contribution >= 0.6 is 0 Å². The molecule has 0 aliphatic carbocycles. The van der Waals surface area contributed by atoms with Crippen molar-refractivity contribution in [2.45, 2.75) is 24.7 Å². The van der Waals surface area contributed by atoms with Crippen molar-refractivity contribution in [3.05, 3.63) is 29.8 Å². The summed E-state index contributed by atoms with van der Waals surface area (Å²) >= 11 is 0. The van der Waals surface area contributed by atoms with E-state index in [9.17, 15) is 8.42 Å². The average Bonchev–Trinajstić information content (AvgIpc) is 2.64. The second-order valence-electron chi connectivity index (χ2n) is 4.32. The molecule has 2 rings (SSSR count). The van der Waals surface area contributed by atoms with E-state index in [1.54, 1.807) is 24.3 Å². The van der Waals surface area contributed by atoms with Crippen LogP contribution < -0.4 is 0 Å². The number of aryl methyl sites for hydroxylation is 1. The van der Waals surface area contributed by atoms with Crippen molar-refractivity contribution in [1.82, 2.24) is 4.90 Å². The van der Waals surface area contributed by atoms with Crippen LogP contribution in [-0.4, -0.2) is 32.7 Å². The lowest BCUT2D eigenvalue weighted by molar-refractivity contribution is 0.548. The smallest absolute Gasteiger partial charge is 0.283 e. The minimum Gasteiger partial charge on any atom is -0.362 e. The lowest BCUT2D eigenvalue weighted by Crippen LogP contribution is -2.20. The van der Waals surface area contributed by atoms with Crippen LogP contribution in [-0.2, 0) is 10.0 Å². The largest absolute Gasteiger partial charge is 0.362 e. The molecular formula is C12H16N2O2S. The topological polar surface area (TPSA) is 49.7 Å². The van der Waals surface area contributed by atoms with Crippen molar-refractivity contribution in [3.63, 3.8) is 0 Å². The Morgan fingerprint density at radius 1 is 1.24 bits per heavy atom. The maximum atomic E-state index is 12.0. The molecule has 17 heavy (non-hydrogen) atoms. The Morgan fingerprint density at radius 3 is 2.41 bits per heavy atom. The van der Waals surface area contributed by atoms with E-state index >= 15 is 0 Å². The molecule has 0 radical (unpaired) electrons. The van der Waals surface area contributed by atoms with Crippen LogP contribution in [0.3, 0.4) is 0 Å². The quantitative estimate of drug-likeness (QED) is 0.806. The van der Waals surface area contributed by atoms with Gasteiger partial charge in [0.15, 0.2) is 0 Å². The Morgan fingerprint density at radius 2 is 1.88 bits per heavy atom. The van der Waals surface area contributed by atoms with Crippen molar-refractivity contribution in [2.24, 2.45) is 4.40 Å². The Hall–Kier alpha value is -1.36. The molecule has 1 saturated heterocycles. The molecule has 0 unspecified atom stereocenters. The zero-order chi connectivity index (χ0) is 12.5. The van der Waals surface area contributed by atoms with Gasteiger partial charge in [-0.25, -0.2) is 0 Å². The summed E-state index contributed by atoms with van der Waals surface area (Å²) in [6.45, 7) is 2.80. The van der Waals surface area contributed by atoms with E-state index in [-0.39, 0.29) is 4.90 Å². The molecule has 5 heteroatoms. The fraction of sp³-hybridized carbons (Fsp3) is 0.417. The zero-order valence-electron chi connectivity index (χ0n) is 10.0. The minimum atomic E-state index is -3.55. The molecule has 0 saturated carbocycles. The summed E-state index contributed by atoms with van der Waals surface area (Å²) < 4.78 is 28.0. The van der Waals surface area contributed by atoms with Crippen LogP contribution in [0, 0.1) is 6.92 Å². The highest BCUT2D eigenvalue weighted by Gasteiger charge is 2.19. The molecule has 1 fully saturated rings. The van der Waals surface area contributed by atoms with Crippen LogP contribution in [0.2, 0.25) is 0 Å². The monoisotopic (exact) mass is 252 g/mol. The van der Waals surface area contributed by atoms with E-state index in [0.717, 1.165) is 24.9 Å². The fourth-order valence-corrected chi connectivity index (χ4v) is 2.90. The number of nitrogens with zero attached hydrogens (tertiary/aromatic N) is 2. The molecule has 1 aliphatic rings. The molecule has 0 atom stereocenters. The van der Waals surface area contributed by atoms with Gasteiger partial charge < -0.3 is 4.90 Å².